The van der Waals surface area contributed by atoms with Gasteiger partial charge in [-0.3, -0.25) is 4.68 Å². The van der Waals surface area contributed by atoms with Crippen LogP contribution in [0.3, 0.4) is 0 Å². The zero-order valence-electron chi connectivity index (χ0n) is 9.33. The first-order valence-corrected chi connectivity index (χ1v) is 6.42. The number of rotatable bonds is 5. The van der Waals surface area contributed by atoms with Crippen molar-refractivity contribution in [3.63, 3.8) is 0 Å². The highest BCUT2D eigenvalue weighted by atomic mass is 79.9. The van der Waals surface area contributed by atoms with Crippen molar-refractivity contribution >= 4 is 15.9 Å². The van der Waals surface area contributed by atoms with Crippen molar-refractivity contribution in [2.45, 2.75) is 32.2 Å². The van der Waals surface area contributed by atoms with E-state index >= 15 is 0 Å². The van der Waals surface area contributed by atoms with Crippen molar-refractivity contribution in [2.75, 3.05) is 6.54 Å². The highest BCUT2D eigenvalue weighted by Crippen LogP contribution is 2.38. The third kappa shape index (κ3) is 2.61. The largest absolute Gasteiger partial charge is 0.309 e. The van der Waals surface area contributed by atoms with Crippen LogP contribution in [0.15, 0.2) is 10.7 Å². The first-order valence-electron chi connectivity index (χ1n) is 5.63. The van der Waals surface area contributed by atoms with Gasteiger partial charge in [0.25, 0.3) is 0 Å². The van der Waals surface area contributed by atoms with Gasteiger partial charge in [0.1, 0.15) is 0 Å². The van der Waals surface area contributed by atoms with Crippen molar-refractivity contribution in [3.8, 4) is 0 Å². The summed E-state index contributed by atoms with van der Waals surface area (Å²) in [7, 11) is 2.01. The Balaban J connectivity index is 2.14. The molecule has 0 radical (unpaired) electrons. The van der Waals surface area contributed by atoms with Gasteiger partial charge in [-0.05, 0) is 34.8 Å². The van der Waals surface area contributed by atoms with Crippen LogP contribution in [0.5, 0.6) is 0 Å². The van der Waals surface area contributed by atoms with E-state index in [9.17, 15) is 0 Å². The topological polar surface area (TPSA) is 29.9 Å². The second-order valence-corrected chi connectivity index (χ2v) is 5.15. The van der Waals surface area contributed by atoms with E-state index < -0.39 is 0 Å². The van der Waals surface area contributed by atoms with Crippen molar-refractivity contribution < 1.29 is 0 Å². The molecule has 4 heteroatoms. The smallest absolute Gasteiger partial charge is 0.0692 e. The van der Waals surface area contributed by atoms with Crippen LogP contribution in [-0.2, 0) is 7.05 Å². The molecule has 2 rings (SSSR count). The third-order valence-corrected chi connectivity index (χ3v) is 3.60. The second kappa shape index (κ2) is 4.66. The summed E-state index contributed by atoms with van der Waals surface area (Å²) < 4.78 is 3.09. The molecule has 1 saturated carbocycles. The molecule has 15 heavy (non-hydrogen) atoms. The van der Waals surface area contributed by atoms with Crippen LogP contribution in [-0.4, -0.2) is 16.3 Å². The molecule has 1 aliphatic rings. The van der Waals surface area contributed by atoms with Gasteiger partial charge in [-0.15, -0.1) is 0 Å². The fourth-order valence-corrected chi connectivity index (χ4v) is 2.66. The minimum absolute atomic E-state index is 0.448. The Morgan fingerprint density at radius 3 is 2.87 bits per heavy atom. The van der Waals surface area contributed by atoms with Gasteiger partial charge in [0, 0.05) is 7.05 Å². The van der Waals surface area contributed by atoms with Gasteiger partial charge in [0.05, 0.1) is 22.4 Å². The number of aryl methyl sites for hydroxylation is 1. The van der Waals surface area contributed by atoms with E-state index in [-0.39, 0.29) is 0 Å². The van der Waals surface area contributed by atoms with Gasteiger partial charge >= 0.3 is 0 Å². The fourth-order valence-electron chi connectivity index (χ4n) is 2.04. The summed E-state index contributed by atoms with van der Waals surface area (Å²) in [6, 6.07) is 0.448. The number of hydrogen-bond donors (Lipinski definition) is 1. The lowest BCUT2D eigenvalue weighted by atomic mass is 10.1. The molecule has 0 aliphatic heterocycles. The summed E-state index contributed by atoms with van der Waals surface area (Å²) in [6.45, 7) is 3.17. The lowest BCUT2D eigenvalue weighted by Gasteiger charge is -2.18. The van der Waals surface area contributed by atoms with Crippen LogP contribution in [0.4, 0.5) is 0 Å². The van der Waals surface area contributed by atoms with Gasteiger partial charge in [0.15, 0.2) is 0 Å². The molecule has 1 N–H and O–H groups in total. The van der Waals surface area contributed by atoms with E-state index in [1.807, 2.05) is 17.9 Å². The number of aromatic nitrogens is 2. The monoisotopic (exact) mass is 271 g/mol. The predicted molar refractivity (Wildman–Crippen MR) is 64.7 cm³/mol. The van der Waals surface area contributed by atoms with Gasteiger partial charge in [-0.2, -0.15) is 5.10 Å². The maximum absolute atomic E-state index is 4.28. The Morgan fingerprint density at radius 1 is 1.67 bits per heavy atom. The van der Waals surface area contributed by atoms with E-state index in [0.29, 0.717) is 6.04 Å². The van der Waals surface area contributed by atoms with E-state index in [4.69, 9.17) is 0 Å². The predicted octanol–water partition coefficient (Wildman–Crippen LogP) is 2.63. The van der Waals surface area contributed by atoms with Crippen LogP contribution in [0.1, 0.15) is 37.9 Å². The Kier molecular flexibility index (Phi) is 3.46. The molecule has 0 amide bonds. The molecule has 3 nitrogen and oxygen atoms in total. The van der Waals surface area contributed by atoms with Crippen LogP contribution < -0.4 is 5.32 Å². The number of hydrogen-bond acceptors (Lipinski definition) is 2. The van der Waals surface area contributed by atoms with Crippen LogP contribution in [0.25, 0.3) is 0 Å². The fraction of sp³-hybridized carbons (Fsp3) is 0.727. The summed E-state index contributed by atoms with van der Waals surface area (Å²) in [6.07, 6.45) is 5.92. The molecule has 0 spiro atoms. The SMILES string of the molecule is CCNC(CC1CC1)c1c(Br)cnn1C. The molecule has 84 valence electrons. The molecular formula is C11H18BrN3. The molecule has 1 aliphatic carbocycles. The zero-order valence-corrected chi connectivity index (χ0v) is 10.9. The minimum atomic E-state index is 0.448. The maximum Gasteiger partial charge on any atom is 0.0692 e. The maximum atomic E-state index is 4.28. The lowest BCUT2D eigenvalue weighted by molar-refractivity contribution is 0.456. The quantitative estimate of drug-likeness (QED) is 0.893. The highest BCUT2D eigenvalue weighted by molar-refractivity contribution is 9.10. The van der Waals surface area contributed by atoms with Crippen LogP contribution in [0.2, 0.25) is 0 Å². The molecule has 0 saturated heterocycles. The van der Waals surface area contributed by atoms with Gasteiger partial charge in [-0.25, -0.2) is 0 Å². The molecule has 1 aromatic heterocycles. The standard InChI is InChI=1S/C11H18BrN3/c1-3-13-10(6-8-4-5-8)11-9(12)7-14-15(11)2/h7-8,10,13H,3-6H2,1-2H3. The molecule has 0 bridgehead atoms. The Morgan fingerprint density at radius 2 is 2.40 bits per heavy atom. The summed E-state index contributed by atoms with van der Waals surface area (Å²) in [5.74, 6) is 0.927. The first kappa shape index (κ1) is 11.1. The van der Waals surface area contributed by atoms with Crippen LogP contribution >= 0.6 is 15.9 Å². The number of halogens is 1. The van der Waals surface area contributed by atoms with Crippen molar-refractivity contribution in [2.24, 2.45) is 13.0 Å². The van der Waals surface area contributed by atoms with Crippen molar-refractivity contribution in [1.29, 1.82) is 0 Å². The normalized spacial score (nSPS) is 18.1. The molecule has 1 unspecified atom stereocenters. The van der Waals surface area contributed by atoms with Gasteiger partial charge in [-0.1, -0.05) is 19.8 Å². The van der Waals surface area contributed by atoms with E-state index in [2.05, 4.69) is 33.3 Å². The third-order valence-electron chi connectivity index (χ3n) is 2.98. The molecular weight excluding hydrogens is 254 g/mol. The first-order chi connectivity index (χ1) is 7.22. The summed E-state index contributed by atoms with van der Waals surface area (Å²) >= 11 is 3.57. The summed E-state index contributed by atoms with van der Waals surface area (Å²) in [5.41, 5.74) is 1.28. The van der Waals surface area contributed by atoms with Gasteiger partial charge < -0.3 is 5.32 Å². The Labute approximate surface area is 99.4 Å². The average Bonchev–Trinajstić information content (AvgIpc) is 2.94. The molecule has 1 atom stereocenters. The highest BCUT2D eigenvalue weighted by Gasteiger charge is 2.28. The number of nitrogens with zero attached hydrogens (tertiary/aromatic N) is 2. The molecule has 1 heterocycles. The van der Waals surface area contributed by atoms with E-state index in [0.717, 1.165) is 16.9 Å². The Bertz CT molecular complexity index is 311. The summed E-state index contributed by atoms with van der Waals surface area (Å²) in [4.78, 5) is 0. The zero-order chi connectivity index (χ0) is 10.8. The van der Waals surface area contributed by atoms with Gasteiger partial charge in [0.2, 0.25) is 0 Å². The average molecular weight is 272 g/mol. The lowest BCUT2D eigenvalue weighted by Crippen LogP contribution is -2.24. The number of nitrogens with one attached hydrogen (secondary N) is 1. The Hall–Kier alpha value is -0.350. The van der Waals surface area contributed by atoms with Crippen molar-refractivity contribution in [1.82, 2.24) is 15.1 Å². The van der Waals surface area contributed by atoms with Crippen molar-refractivity contribution in [3.05, 3.63) is 16.4 Å². The second-order valence-electron chi connectivity index (χ2n) is 4.29. The minimum Gasteiger partial charge on any atom is -0.309 e. The molecule has 1 aromatic rings. The van der Waals surface area contributed by atoms with E-state index in [1.165, 1.54) is 25.0 Å². The van der Waals surface area contributed by atoms with Crippen LogP contribution in [0, 0.1) is 5.92 Å². The summed E-state index contributed by atoms with van der Waals surface area (Å²) in [5, 5.41) is 7.82. The molecule has 0 aromatic carbocycles. The van der Waals surface area contributed by atoms with E-state index in [1.54, 1.807) is 0 Å². The molecule has 1 fully saturated rings.